The van der Waals surface area contributed by atoms with E-state index in [4.69, 9.17) is 27.6 Å². The largest absolute Gasteiger partial charge is 0.422 e. The molecule has 0 aliphatic heterocycles. The minimum Gasteiger partial charge on any atom is -0.422 e. The molecular weight excluding hydrogens is 175 g/mol. The van der Waals surface area contributed by atoms with Crippen molar-refractivity contribution < 1.29 is 4.43 Å². The third-order valence-corrected chi connectivity index (χ3v) is 2.15. The molecule has 0 amide bonds. The van der Waals surface area contributed by atoms with Crippen LogP contribution in [0.1, 0.15) is 6.42 Å². The van der Waals surface area contributed by atoms with E-state index in [0.717, 1.165) is 6.42 Å². The van der Waals surface area contributed by atoms with Gasteiger partial charge in [-0.05, 0) is 6.42 Å². The number of hydrogen-bond acceptors (Lipinski definition) is 1. The van der Waals surface area contributed by atoms with Crippen molar-refractivity contribution in [2.45, 2.75) is 17.4 Å². The van der Waals surface area contributed by atoms with E-state index in [1.807, 2.05) is 0 Å². The average Bonchev–Trinajstić information content (AvgIpc) is 1.82. The molecule has 1 unspecified atom stereocenters. The molecule has 0 aliphatic rings. The highest BCUT2D eigenvalue weighted by atomic mass is 35.5. The predicted octanol–water partition coefficient (Wildman–Crippen LogP) is 1.03. The Morgan fingerprint density at radius 1 is 1.67 bits per heavy atom. The Labute approximate surface area is 68.5 Å². The van der Waals surface area contributed by atoms with Crippen LogP contribution in [-0.2, 0) is 4.43 Å². The highest BCUT2D eigenvalue weighted by molar-refractivity contribution is 6.44. The fraction of sp³-hybridized carbons (Fsp3) is 0.600. The van der Waals surface area contributed by atoms with Crippen molar-refractivity contribution >= 4 is 33.7 Å². The van der Waals surface area contributed by atoms with Crippen molar-refractivity contribution in [1.82, 2.24) is 0 Å². The fourth-order valence-corrected chi connectivity index (χ4v) is 1.69. The summed E-state index contributed by atoms with van der Waals surface area (Å²) in [5.74, 6) is 0. The van der Waals surface area contributed by atoms with Crippen molar-refractivity contribution in [1.29, 1.82) is 0 Å². The fourth-order valence-electron chi connectivity index (χ4n) is 0.466. The molecule has 4 heteroatoms. The van der Waals surface area contributed by atoms with Gasteiger partial charge >= 0.3 is 0 Å². The van der Waals surface area contributed by atoms with E-state index in [2.05, 4.69) is 6.58 Å². The lowest BCUT2D eigenvalue weighted by atomic mass is 10.3. The molecule has 0 rings (SSSR count). The van der Waals surface area contributed by atoms with E-state index in [-0.39, 0.29) is 6.10 Å². The first-order valence-electron chi connectivity index (χ1n) is 2.64. The third-order valence-electron chi connectivity index (χ3n) is 0.983. The topological polar surface area (TPSA) is 9.23 Å². The van der Waals surface area contributed by atoms with E-state index in [0.29, 0.717) is 10.5 Å². The van der Waals surface area contributed by atoms with Crippen LogP contribution in [0.5, 0.6) is 0 Å². The molecule has 0 aromatic rings. The third kappa shape index (κ3) is 3.98. The van der Waals surface area contributed by atoms with Crippen molar-refractivity contribution in [3.8, 4) is 0 Å². The molecule has 0 aromatic carbocycles. The van der Waals surface area contributed by atoms with Crippen molar-refractivity contribution in [3.63, 3.8) is 0 Å². The summed E-state index contributed by atoms with van der Waals surface area (Å²) in [5, 5.41) is 0. The van der Waals surface area contributed by atoms with Gasteiger partial charge in [0.1, 0.15) is 15.3 Å². The highest BCUT2D eigenvalue weighted by Gasteiger charge is 2.12. The van der Waals surface area contributed by atoms with E-state index >= 15 is 0 Å². The first-order chi connectivity index (χ1) is 4.22. The van der Waals surface area contributed by atoms with Gasteiger partial charge in [0.2, 0.25) is 0 Å². The Bertz CT molecular complexity index is 87.0. The lowest BCUT2D eigenvalue weighted by molar-refractivity contribution is 0.241. The van der Waals surface area contributed by atoms with Gasteiger partial charge in [0, 0.05) is 0 Å². The smallest absolute Gasteiger partial charge is 0.146 e. The molecular formula is C5H10Cl2OSi. The lowest BCUT2D eigenvalue weighted by Gasteiger charge is -2.13. The molecule has 0 saturated carbocycles. The van der Waals surface area contributed by atoms with E-state index in [9.17, 15) is 0 Å². The molecule has 0 heterocycles. The van der Waals surface area contributed by atoms with Crippen LogP contribution in [0.25, 0.3) is 0 Å². The summed E-state index contributed by atoms with van der Waals surface area (Å²) in [6.07, 6.45) is 2.42. The second-order valence-corrected chi connectivity index (χ2v) is 3.27. The quantitative estimate of drug-likeness (QED) is 0.361. The Morgan fingerprint density at radius 3 is 2.33 bits per heavy atom. The molecule has 0 aromatic heterocycles. The van der Waals surface area contributed by atoms with Crippen LogP contribution in [0.2, 0.25) is 0 Å². The van der Waals surface area contributed by atoms with Crippen molar-refractivity contribution in [2.75, 3.05) is 0 Å². The van der Waals surface area contributed by atoms with Crippen LogP contribution >= 0.6 is 23.2 Å². The molecule has 0 saturated heterocycles. The van der Waals surface area contributed by atoms with Crippen LogP contribution in [0.15, 0.2) is 12.7 Å². The van der Waals surface area contributed by atoms with E-state index < -0.39 is 4.84 Å². The van der Waals surface area contributed by atoms with Crippen LogP contribution in [0, 0.1) is 0 Å². The molecule has 1 atom stereocenters. The minimum atomic E-state index is -0.430. The zero-order valence-corrected chi connectivity index (χ0v) is 8.82. The Balaban J connectivity index is 3.53. The van der Waals surface area contributed by atoms with E-state index in [1.165, 1.54) is 0 Å². The number of hydrogen-bond donors (Lipinski definition) is 0. The van der Waals surface area contributed by atoms with Gasteiger partial charge in [-0.2, -0.15) is 0 Å². The number of rotatable bonds is 4. The first-order valence-corrected chi connectivity index (χ1v) is 4.33. The zero-order valence-electron chi connectivity index (χ0n) is 5.31. The summed E-state index contributed by atoms with van der Waals surface area (Å²) < 4.78 is 5.06. The van der Waals surface area contributed by atoms with Crippen molar-refractivity contribution in [2.24, 2.45) is 0 Å². The van der Waals surface area contributed by atoms with Crippen LogP contribution < -0.4 is 0 Å². The average molecular weight is 185 g/mol. The van der Waals surface area contributed by atoms with Crippen LogP contribution in [-0.4, -0.2) is 21.4 Å². The monoisotopic (exact) mass is 184 g/mol. The maximum atomic E-state index is 5.54. The summed E-state index contributed by atoms with van der Waals surface area (Å²) in [4.78, 5) is -0.430. The highest BCUT2D eigenvalue weighted by Crippen LogP contribution is 2.13. The Hall–Kier alpha value is 0.497. The SMILES string of the molecule is C=CCC(O[SiH3])C(Cl)Cl. The van der Waals surface area contributed by atoms with Crippen LogP contribution in [0.4, 0.5) is 0 Å². The van der Waals surface area contributed by atoms with Gasteiger partial charge in [-0.25, -0.2) is 0 Å². The second-order valence-electron chi connectivity index (χ2n) is 1.63. The molecule has 0 radical (unpaired) electrons. The molecule has 0 aliphatic carbocycles. The summed E-state index contributed by atoms with van der Waals surface area (Å²) in [7, 11) is 0.668. The summed E-state index contributed by atoms with van der Waals surface area (Å²) in [6.45, 7) is 3.55. The summed E-state index contributed by atoms with van der Waals surface area (Å²) in [5.41, 5.74) is 0. The van der Waals surface area contributed by atoms with Gasteiger partial charge in [-0.1, -0.05) is 6.08 Å². The summed E-state index contributed by atoms with van der Waals surface area (Å²) >= 11 is 11.1. The Kier molecular flexibility index (Phi) is 5.59. The first kappa shape index (κ1) is 9.50. The minimum absolute atomic E-state index is 0.0579. The van der Waals surface area contributed by atoms with Gasteiger partial charge in [0.15, 0.2) is 0 Å². The molecule has 0 fully saturated rings. The van der Waals surface area contributed by atoms with E-state index in [1.54, 1.807) is 6.08 Å². The number of alkyl halides is 2. The standard InChI is InChI=1S/C5H10Cl2OSi/c1-2-3-4(8-9)5(6)7/h2,4-5H,1,3H2,9H3. The molecule has 9 heavy (non-hydrogen) atoms. The van der Waals surface area contributed by atoms with Gasteiger partial charge < -0.3 is 4.43 Å². The van der Waals surface area contributed by atoms with Gasteiger partial charge in [-0.3, -0.25) is 0 Å². The normalized spacial score (nSPS) is 14.1. The lowest BCUT2D eigenvalue weighted by Crippen LogP contribution is -2.18. The Morgan fingerprint density at radius 2 is 2.22 bits per heavy atom. The van der Waals surface area contributed by atoms with Gasteiger partial charge in [-0.15, -0.1) is 29.8 Å². The molecule has 54 valence electrons. The van der Waals surface area contributed by atoms with Crippen LogP contribution in [0.3, 0.4) is 0 Å². The summed E-state index contributed by atoms with van der Waals surface area (Å²) in [6, 6.07) is 0. The second kappa shape index (κ2) is 5.29. The van der Waals surface area contributed by atoms with Gasteiger partial charge in [0.05, 0.1) is 6.10 Å². The maximum absolute atomic E-state index is 5.54. The van der Waals surface area contributed by atoms with Gasteiger partial charge in [0.25, 0.3) is 0 Å². The predicted molar refractivity (Wildman–Crippen MR) is 45.1 cm³/mol. The molecule has 0 N–H and O–H groups in total. The maximum Gasteiger partial charge on any atom is 0.146 e. The zero-order chi connectivity index (χ0) is 7.28. The molecule has 0 bridgehead atoms. The molecule has 0 spiro atoms. The van der Waals surface area contributed by atoms with Crippen molar-refractivity contribution in [3.05, 3.63) is 12.7 Å². The molecule has 1 nitrogen and oxygen atoms in total. The number of halogens is 2.